The van der Waals surface area contributed by atoms with E-state index in [0.717, 1.165) is 12.8 Å². The van der Waals surface area contributed by atoms with E-state index in [0.29, 0.717) is 52.1 Å². The fourth-order valence-electron chi connectivity index (χ4n) is 10.7. The maximum atomic E-state index is 10.2. The van der Waals surface area contributed by atoms with Gasteiger partial charge >= 0.3 is 0 Å². The molecule has 0 spiro atoms. The van der Waals surface area contributed by atoms with Crippen molar-refractivity contribution >= 4 is 0 Å². The van der Waals surface area contributed by atoms with Gasteiger partial charge in [0.2, 0.25) is 0 Å². The van der Waals surface area contributed by atoms with Crippen LogP contribution in [0.25, 0.3) is 0 Å². The van der Waals surface area contributed by atoms with Gasteiger partial charge in [0.15, 0.2) is 0 Å². The number of rotatable bonds is 6. The Kier molecular flexibility index (Phi) is 7.21. The molecule has 0 amide bonds. The third-order valence-electron chi connectivity index (χ3n) is 12.7. The van der Waals surface area contributed by atoms with Crippen LogP contribution in [-0.2, 0) is 9.47 Å². The van der Waals surface area contributed by atoms with Crippen molar-refractivity contribution in [3.05, 3.63) is 11.6 Å². The van der Waals surface area contributed by atoms with E-state index in [1.807, 2.05) is 28.1 Å². The van der Waals surface area contributed by atoms with Crippen molar-refractivity contribution in [2.24, 2.45) is 45.3 Å². The van der Waals surface area contributed by atoms with Crippen LogP contribution in [0.4, 0.5) is 0 Å². The lowest BCUT2D eigenvalue weighted by molar-refractivity contribution is -0.245. The number of ether oxygens (including phenoxy) is 2. The molecule has 4 rings (SSSR count). The zero-order valence-corrected chi connectivity index (χ0v) is 24.7. The zero-order chi connectivity index (χ0) is 26.0. The van der Waals surface area contributed by atoms with Gasteiger partial charge in [-0.1, -0.05) is 46.3 Å². The van der Waals surface area contributed by atoms with Gasteiger partial charge < -0.3 is 14.6 Å². The lowest BCUT2D eigenvalue weighted by Gasteiger charge is -2.70. The molecule has 0 radical (unpaired) electrons. The summed E-state index contributed by atoms with van der Waals surface area (Å²) >= 11 is 0. The number of hydrogen-bond donors (Lipinski definition) is 1. The van der Waals surface area contributed by atoms with Crippen molar-refractivity contribution in [3.8, 4) is 0 Å². The molecule has 0 aromatic carbocycles. The molecule has 1 N–H and O–H groups in total. The van der Waals surface area contributed by atoms with Crippen molar-refractivity contribution in [2.75, 3.05) is 14.2 Å². The van der Waals surface area contributed by atoms with E-state index in [1.165, 1.54) is 50.5 Å². The van der Waals surface area contributed by atoms with Crippen molar-refractivity contribution < 1.29 is 14.6 Å². The number of fused-ring (bicyclic) bond motifs is 5. The molecular weight excluding hydrogens is 432 g/mol. The van der Waals surface area contributed by atoms with E-state index in [1.54, 1.807) is 0 Å². The number of methoxy groups -OCH3 is 2. The van der Waals surface area contributed by atoms with Crippen LogP contribution in [0, 0.1) is 45.3 Å². The Morgan fingerprint density at radius 2 is 1.57 bits per heavy atom. The Hall–Kier alpha value is -0.380. The van der Waals surface area contributed by atoms with Gasteiger partial charge in [-0.2, -0.15) is 0 Å². The standard InChI is InChI=1S/C32H56O3/c1-21(12-11-16-28(2,3)33)22-13-18-32(8)27(22)23(34-9)20-25-30(6)17-15-26(35-10)29(4,5)24(30)14-19-31(25,32)7/h12,22-27,33H,11,13-20H2,1-10H3/b21-12+/t22-,23-,24+,25-,26+,27+,30+,31-,32-/m1/s1. The van der Waals surface area contributed by atoms with Crippen LogP contribution in [0.1, 0.15) is 113 Å². The van der Waals surface area contributed by atoms with Gasteiger partial charge in [-0.3, -0.25) is 0 Å². The Bertz CT molecular complexity index is 808. The van der Waals surface area contributed by atoms with E-state index >= 15 is 0 Å². The first kappa shape index (κ1) is 27.6. The van der Waals surface area contributed by atoms with Gasteiger partial charge in [-0.15, -0.1) is 0 Å². The molecule has 0 aromatic heterocycles. The topological polar surface area (TPSA) is 38.7 Å². The molecule has 3 nitrogen and oxygen atoms in total. The highest BCUT2D eigenvalue weighted by Gasteiger charge is 2.70. The number of aliphatic hydroxyl groups is 1. The Balaban J connectivity index is 1.66. The minimum atomic E-state index is -0.592. The first-order valence-corrected chi connectivity index (χ1v) is 14.6. The summed E-state index contributed by atoms with van der Waals surface area (Å²) in [5.74, 6) is 2.62. The van der Waals surface area contributed by atoms with Crippen LogP contribution in [-0.4, -0.2) is 37.1 Å². The highest BCUT2D eigenvalue weighted by atomic mass is 16.5. The third-order valence-corrected chi connectivity index (χ3v) is 12.7. The van der Waals surface area contributed by atoms with Gasteiger partial charge in [0.25, 0.3) is 0 Å². The maximum absolute atomic E-state index is 10.2. The number of allylic oxidation sites excluding steroid dienone is 2. The second kappa shape index (κ2) is 9.12. The normalized spacial score (nSPS) is 47.7. The second-order valence-electron chi connectivity index (χ2n) is 15.0. The summed E-state index contributed by atoms with van der Waals surface area (Å²) in [7, 11) is 3.90. The fraction of sp³-hybridized carbons (Fsp3) is 0.938. The molecule has 0 aromatic rings. The van der Waals surface area contributed by atoms with E-state index in [9.17, 15) is 5.11 Å². The molecule has 0 bridgehead atoms. The monoisotopic (exact) mass is 488 g/mol. The maximum Gasteiger partial charge on any atom is 0.0625 e. The molecule has 0 saturated heterocycles. The molecule has 0 unspecified atom stereocenters. The van der Waals surface area contributed by atoms with Crippen LogP contribution in [0.2, 0.25) is 0 Å². The van der Waals surface area contributed by atoms with Gasteiger partial charge in [-0.05, 0) is 124 Å². The summed E-state index contributed by atoms with van der Waals surface area (Å²) in [4.78, 5) is 0. The van der Waals surface area contributed by atoms with E-state index in [2.05, 4.69) is 47.6 Å². The van der Waals surface area contributed by atoms with Crippen molar-refractivity contribution in [3.63, 3.8) is 0 Å². The lowest BCUT2D eigenvalue weighted by atomic mass is 9.35. The first-order chi connectivity index (χ1) is 16.2. The largest absolute Gasteiger partial charge is 0.390 e. The first-order valence-electron chi connectivity index (χ1n) is 14.6. The summed E-state index contributed by atoms with van der Waals surface area (Å²) in [5, 5.41) is 10.2. The summed E-state index contributed by atoms with van der Waals surface area (Å²) in [5.41, 5.74) is 2.19. The average Bonchev–Trinajstić information content (AvgIpc) is 3.12. The zero-order valence-electron chi connectivity index (χ0n) is 24.7. The molecule has 4 fully saturated rings. The van der Waals surface area contributed by atoms with Gasteiger partial charge in [-0.25, -0.2) is 0 Å². The molecular formula is C32H56O3. The molecule has 4 saturated carbocycles. The highest BCUT2D eigenvalue weighted by Crippen LogP contribution is 2.75. The van der Waals surface area contributed by atoms with Crippen molar-refractivity contribution in [1.82, 2.24) is 0 Å². The quantitative estimate of drug-likeness (QED) is 0.387. The van der Waals surface area contributed by atoms with Crippen LogP contribution >= 0.6 is 0 Å². The molecule has 35 heavy (non-hydrogen) atoms. The van der Waals surface area contributed by atoms with Crippen LogP contribution in [0.3, 0.4) is 0 Å². The molecule has 4 aliphatic carbocycles. The van der Waals surface area contributed by atoms with Gasteiger partial charge in [0.05, 0.1) is 17.8 Å². The summed E-state index contributed by atoms with van der Waals surface area (Å²) in [6, 6.07) is 0. The average molecular weight is 489 g/mol. The van der Waals surface area contributed by atoms with Crippen molar-refractivity contribution in [2.45, 2.75) is 131 Å². The number of hydrogen-bond acceptors (Lipinski definition) is 3. The summed E-state index contributed by atoms with van der Waals surface area (Å²) < 4.78 is 12.5. The summed E-state index contributed by atoms with van der Waals surface area (Å²) in [6.45, 7) is 19.2. The lowest BCUT2D eigenvalue weighted by Crippen LogP contribution is -2.66. The summed E-state index contributed by atoms with van der Waals surface area (Å²) in [6.07, 6.45) is 13.9. The fourth-order valence-corrected chi connectivity index (χ4v) is 10.7. The predicted octanol–water partition coefficient (Wildman–Crippen LogP) is 7.81. The SMILES string of the molecule is CO[C@H]1CC[C@]2(C)[C@H]3C[C@@H](OC)[C@@H]4[C@@H](/C(C)=C/CCC(C)(C)O)CC[C@@]4(C)[C@]3(C)CC[C@H]2C1(C)C. The van der Waals surface area contributed by atoms with Crippen LogP contribution < -0.4 is 0 Å². The third kappa shape index (κ3) is 4.19. The smallest absolute Gasteiger partial charge is 0.0625 e. The molecule has 4 aliphatic rings. The minimum absolute atomic E-state index is 0.224. The van der Waals surface area contributed by atoms with E-state index in [4.69, 9.17) is 9.47 Å². The molecule has 0 aliphatic heterocycles. The molecule has 202 valence electrons. The van der Waals surface area contributed by atoms with E-state index in [-0.39, 0.29) is 5.41 Å². The second-order valence-corrected chi connectivity index (χ2v) is 15.0. The predicted molar refractivity (Wildman–Crippen MR) is 145 cm³/mol. The minimum Gasteiger partial charge on any atom is -0.390 e. The highest BCUT2D eigenvalue weighted by molar-refractivity contribution is 5.22. The van der Waals surface area contributed by atoms with Crippen molar-refractivity contribution in [1.29, 1.82) is 0 Å². The van der Waals surface area contributed by atoms with Crippen LogP contribution in [0.5, 0.6) is 0 Å². The molecule has 3 heteroatoms. The van der Waals surface area contributed by atoms with Gasteiger partial charge in [0, 0.05) is 14.2 Å². The van der Waals surface area contributed by atoms with Crippen LogP contribution in [0.15, 0.2) is 11.6 Å². The Labute approximate surface area is 216 Å². The Morgan fingerprint density at radius 1 is 0.914 bits per heavy atom. The van der Waals surface area contributed by atoms with Gasteiger partial charge in [0.1, 0.15) is 0 Å². The van der Waals surface area contributed by atoms with E-state index < -0.39 is 5.60 Å². The Morgan fingerprint density at radius 3 is 2.17 bits per heavy atom. The molecule has 9 atom stereocenters. The molecule has 0 heterocycles.